The van der Waals surface area contributed by atoms with Crippen molar-refractivity contribution in [3.63, 3.8) is 0 Å². The van der Waals surface area contributed by atoms with Crippen LogP contribution in [-0.2, 0) is 20.8 Å². The van der Waals surface area contributed by atoms with Gasteiger partial charge in [0.1, 0.15) is 24.4 Å². The minimum Gasteiger partial charge on any atom is -0.447 e. The topological polar surface area (TPSA) is 98.8 Å². The van der Waals surface area contributed by atoms with Crippen LogP contribution in [0.25, 0.3) is 0 Å². The number of carbonyl (C=O) groups is 2. The van der Waals surface area contributed by atoms with Crippen molar-refractivity contribution in [3.8, 4) is 0 Å². The lowest BCUT2D eigenvalue weighted by atomic mass is 9.99. The molecule has 1 aromatic heterocycles. The Hall–Kier alpha value is -2.35. The zero-order chi connectivity index (χ0) is 30.4. The van der Waals surface area contributed by atoms with Crippen LogP contribution in [0.15, 0.2) is 24.4 Å². The normalized spacial score (nSPS) is 19.9. The van der Waals surface area contributed by atoms with Gasteiger partial charge in [0.2, 0.25) is 0 Å². The predicted molar refractivity (Wildman–Crippen MR) is 168 cm³/mol. The van der Waals surface area contributed by atoms with Gasteiger partial charge in [-0.2, -0.15) is 0 Å². The first-order valence-corrected chi connectivity index (χ1v) is 16.8. The Morgan fingerprint density at radius 3 is 1.69 bits per heavy atom. The van der Waals surface area contributed by atoms with Crippen molar-refractivity contribution in [2.24, 2.45) is 0 Å². The van der Waals surface area contributed by atoms with E-state index in [1.54, 1.807) is 6.20 Å². The van der Waals surface area contributed by atoms with Crippen molar-refractivity contribution >= 4 is 12.2 Å². The molecule has 0 unspecified atom stereocenters. The minimum absolute atomic E-state index is 0.127. The van der Waals surface area contributed by atoms with Crippen LogP contribution >= 0.6 is 0 Å². The number of amides is 2. The molecular weight excluding hydrogens is 530 g/mol. The van der Waals surface area contributed by atoms with Crippen LogP contribution in [0.2, 0.25) is 0 Å². The average Bonchev–Trinajstić information content (AvgIpc) is 3.31. The van der Waals surface area contributed by atoms with Gasteiger partial charge in [-0.25, -0.2) is 9.59 Å². The van der Waals surface area contributed by atoms with Crippen LogP contribution in [0, 0.1) is 0 Å². The van der Waals surface area contributed by atoms with E-state index in [4.69, 9.17) is 14.2 Å². The summed E-state index contributed by atoms with van der Waals surface area (Å²) in [5.74, 6) is 0. The molecule has 2 atom stereocenters. The van der Waals surface area contributed by atoms with Crippen LogP contribution in [0.5, 0.6) is 0 Å². The second-order valence-electron chi connectivity index (χ2n) is 12.6. The molecule has 1 aliphatic heterocycles. The van der Waals surface area contributed by atoms with E-state index in [0.717, 1.165) is 25.0 Å². The smallest absolute Gasteiger partial charge is 0.407 e. The van der Waals surface area contributed by atoms with E-state index in [1.165, 1.54) is 89.9 Å². The first-order valence-electron chi connectivity index (χ1n) is 16.8. The summed E-state index contributed by atoms with van der Waals surface area (Å²) in [6.45, 7) is 7.36. The highest BCUT2D eigenvalue weighted by Gasteiger charge is 2.45. The summed E-state index contributed by atoms with van der Waals surface area (Å²) >= 11 is 0. The number of hydrogen-bond donors (Lipinski definition) is 2. The summed E-state index contributed by atoms with van der Waals surface area (Å²) in [5.41, 5.74) is -0.464. The maximum atomic E-state index is 12.2. The quantitative estimate of drug-likeness (QED) is 0.124. The van der Waals surface area contributed by atoms with Gasteiger partial charge in [0.15, 0.2) is 0 Å². The van der Waals surface area contributed by atoms with E-state index in [-0.39, 0.29) is 13.2 Å². The van der Waals surface area contributed by atoms with Crippen LogP contribution < -0.4 is 10.6 Å². The number of alkyl carbamates (subject to hydrolysis) is 2. The molecule has 2 heterocycles. The molecule has 1 fully saturated rings. The zero-order valence-electron chi connectivity index (χ0n) is 26.9. The van der Waals surface area contributed by atoms with Crippen LogP contribution in [-0.4, -0.2) is 48.1 Å². The SMILES string of the molecule is CCCCCCCCCCCCCCCCCCNC(=O)OC[C@]1(C)CC[C@](C)(COC(=O)NCc2ccccn2)O1. The number of nitrogens with one attached hydrogen (secondary N) is 2. The van der Waals surface area contributed by atoms with E-state index in [0.29, 0.717) is 19.5 Å². The molecule has 240 valence electrons. The summed E-state index contributed by atoms with van der Waals surface area (Å²) in [6.07, 6.45) is 23.5. The summed E-state index contributed by atoms with van der Waals surface area (Å²) in [7, 11) is 0. The van der Waals surface area contributed by atoms with Gasteiger partial charge >= 0.3 is 12.2 Å². The van der Waals surface area contributed by atoms with Gasteiger partial charge in [0.05, 0.1) is 12.2 Å². The number of unbranched alkanes of at least 4 members (excludes halogenated alkanes) is 15. The molecular formula is C34H59N3O5. The van der Waals surface area contributed by atoms with Gasteiger partial charge in [-0.3, -0.25) is 4.98 Å². The molecule has 0 saturated carbocycles. The standard InChI is InChI=1S/C34H59N3O5/c1-4-5-6-7-8-9-10-11-12-13-14-15-16-17-18-20-26-36-31(38)40-28-33(2)23-24-34(3,42-33)29-41-32(39)37-27-30-22-19-21-25-35-30/h19,21-22,25H,4-18,20,23-24,26-29H2,1-3H3,(H,36,38)(H,37,39)/t33-,34+/m0/s1. The molecule has 2 rings (SSSR count). The number of nitrogens with zero attached hydrogens (tertiary/aromatic N) is 1. The van der Waals surface area contributed by atoms with E-state index >= 15 is 0 Å². The summed E-state index contributed by atoms with van der Waals surface area (Å²) in [4.78, 5) is 28.5. The van der Waals surface area contributed by atoms with E-state index in [2.05, 4.69) is 22.5 Å². The molecule has 0 aliphatic carbocycles. The predicted octanol–water partition coefficient (Wildman–Crippen LogP) is 8.62. The highest BCUT2D eigenvalue weighted by molar-refractivity contribution is 5.67. The molecule has 1 aliphatic rings. The molecule has 42 heavy (non-hydrogen) atoms. The molecule has 0 radical (unpaired) electrons. The molecule has 1 aromatic rings. The molecule has 0 spiro atoms. The Labute approximate surface area is 255 Å². The monoisotopic (exact) mass is 589 g/mol. The van der Waals surface area contributed by atoms with Gasteiger partial charge in [-0.1, -0.05) is 109 Å². The first kappa shape index (κ1) is 35.8. The molecule has 8 heteroatoms. The molecule has 2 amide bonds. The number of rotatable bonds is 23. The zero-order valence-corrected chi connectivity index (χ0v) is 26.9. The van der Waals surface area contributed by atoms with Gasteiger partial charge < -0.3 is 24.8 Å². The lowest BCUT2D eigenvalue weighted by Crippen LogP contribution is -2.40. The number of ether oxygens (including phenoxy) is 3. The van der Waals surface area contributed by atoms with Gasteiger partial charge in [0.25, 0.3) is 0 Å². The Morgan fingerprint density at radius 1 is 0.738 bits per heavy atom. The second kappa shape index (κ2) is 21.4. The van der Waals surface area contributed by atoms with Crippen molar-refractivity contribution in [1.29, 1.82) is 0 Å². The van der Waals surface area contributed by atoms with Crippen molar-refractivity contribution in [2.45, 2.75) is 154 Å². The number of pyridine rings is 1. The molecule has 8 nitrogen and oxygen atoms in total. The van der Waals surface area contributed by atoms with E-state index < -0.39 is 23.4 Å². The van der Waals surface area contributed by atoms with Crippen LogP contribution in [0.1, 0.15) is 142 Å². The Balaban J connectivity index is 1.40. The number of hydrogen-bond acceptors (Lipinski definition) is 6. The van der Waals surface area contributed by atoms with Crippen molar-refractivity contribution in [1.82, 2.24) is 15.6 Å². The fraction of sp³-hybridized carbons (Fsp3) is 0.794. The summed E-state index contributed by atoms with van der Waals surface area (Å²) in [5, 5.41) is 5.56. The maximum absolute atomic E-state index is 12.2. The molecule has 2 N–H and O–H groups in total. The number of carbonyl (C=O) groups excluding carboxylic acids is 2. The third-order valence-electron chi connectivity index (χ3n) is 8.13. The van der Waals surface area contributed by atoms with Gasteiger partial charge in [-0.05, 0) is 45.2 Å². The average molecular weight is 590 g/mol. The highest BCUT2D eigenvalue weighted by Crippen LogP contribution is 2.38. The Morgan fingerprint density at radius 2 is 1.21 bits per heavy atom. The summed E-state index contributed by atoms with van der Waals surface area (Å²) in [6, 6.07) is 5.53. The minimum atomic E-state index is -0.621. The lowest BCUT2D eigenvalue weighted by molar-refractivity contribution is -0.126. The second-order valence-corrected chi connectivity index (χ2v) is 12.6. The Bertz CT molecular complexity index is 855. The first-order chi connectivity index (χ1) is 20.3. The van der Waals surface area contributed by atoms with Crippen molar-refractivity contribution < 1.29 is 23.8 Å². The van der Waals surface area contributed by atoms with E-state index in [1.807, 2.05) is 32.0 Å². The third kappa shape index (κ3) is 16.9. The van der Waals surface area contributed by atoms with Gasteiger partial charge in [0, 0.05) is 12.7 Å². The lowest BCUT2D eigenvalue weighted by Gasteiger charge is -2.29. The summed E-state index contributed by atoms with van der Waals surface area (Å²) < 4.78 is 17.1. The fourth-order valence-corrected chi connectivity index (χ4v) is 5.50. The third-order valence-corrected chi connectivity index (χ3v) is 8.13. The number of aromatic nitrogens is 1. The van der Waals surface area contributed by atoms with Crippen molar-refractivity contribution in [3.05, 3.63) is 30.1 Å². The van der Waals surface area contributed by atoms with Crippen LogP contribution in [0.3, 0.4) is 0 Å². The fourth-order valence-electron chi connectivity index (χ4n) is 5.50. The molecule has 1 saturated heterocycles. The molecule has 0 aromatic carbocycles. The molecule has 0 bridgehead atoms. The van der Waals surface area contributed by atoms with Crippen molar-refractivity contribution in [2.75, 3.05) is 19.8 Å². The van der Waals surface area contributed by atoms with Crippen LogP contribution in [0.4, 0.5) is 9.59 Å². The maximum Gasteiger partial charge on any atom is 0.407 e. The largest absolute Gasteiger partial charge is 0.447 e. The van der Waals surface area contributed by atoms with E-state index in [9.17, 15) is 9.59 Å². The Kier molecular flexibility index (Phi) is 18.2. The highest BCUT2D eigenvalue weighted by atomic mass is 16.6. The van der Waals surface area contributed by atoms with Gasteiger partial charge in [-0.15, -0.1) is 0 Å².